The van der Waals surface area contributed by atoms with Crippen molar-refractivity contribution in [2.45, 2.75) is 39.3 Å². The van der Waals surface area contributed by atoms with Crippen molar-refractivity contribution in [3.05, 3.63) is 23.7 Å². The molecule has 2 N–H and O–H groups in total. The molecule has 0 radical (unpaired) electrons. The Labute approximate surface area is 92.2 Å². The van der Waals surface area contributed by atoms with Gasteiger partial charge in [0.05, 0.1) is 6.54 Å². The Morgan fingerprint density at radius 2 is 2.20 bits per heavy atom. The minimum Gasteiger partial charge on any atom is -0.465 e. The van der Waals surface area contributed by atoms with Crippen LogP contribution < -0.4 is 5.73 Å². The first-order valence-electron chi connectivity index (χ1n) is 5.63. The van der Waals surface area contributed by atoms with Crippen LogP contribution in [-0.4, -0.2) is 24.5 Å². The SMILES string of the molecule is CCCC(CN)N(C)Cc1ccc(C)o1. The Morgan fingerprint density at radius 3 is 2.67 bits per heavy atom. The van der Waals surface area contributed by atoms with Crippen LogP contribution in [0.15, 0.2) is 16.5 Å². The molecule has 1 aromatic rings. The van der Waals surface area contributed by atoms with Gasteiger partial charge in [-0.1, -0.05) is 13.3 Å². The minimum absolute atomic E-state index is 0.459. The number of likely N-dealkylation sites (N-methyl/N-ethyl adjacent to an activating group) is 1. The molecule has 1 unspecified atom stereocenters. The second-order valence-corrected chi connectivity index (χ2v) is 4.11. The highest BCUT2D eigenvalue weighted by Crippen LogP contribution is 2.12. The third-order valence-electron chi connectivity index (χ3n) is 2.72. The molecule has 0 saturated carbocycles. The lowest BCUT2D eigenvalue weighted by Gasteiger charge is -2.25. The molecule has 0 amide bonds. The highest BCUT2D eigenvalue weighted by Gasteiger charge is 2.13. The summed E-state index contributed by atoms with van der Waals surface area (Å²) in [5, 5.41) is 0. The maximum absolute atomic E-state index is 5.75. The Balaban J connectivity index is 2.49. The predicted molar refractivity (Wildman–Crippen MR) is 62.7 cm³/mol. The molecule has 0 aromatic carbocycles. The van der Waals surface area contributed by atoms with Gasteiger partial charge < -0.3 is 10.2 Å². The van der Waals surface area contributed by atoms with Gasteiger partial charge in [-0.15, -0.1) is 0 Å². The first kappa shape index (κ1) is 12.3. The Morgan fingerprint density at radius 1 is 1.47 bits per heavy atom. The van der Waals surface area contributed by atoms with Crippen molar-refractivity contribution < 1.29 is 4.42 Å². The van der Waals surface area contributed by atoms with E-state index in [1.807, 2.05) is 19.1 Å². The molecular formula is C12H22N2O. The van der Waals surface area contributed by atoms with Crippen molar-refractivity contribution in [1.82, 2.24) is 4.90 Å². The van der Waals surface area contributed by atoms with Crippen LogP contribution in [-0.2, 0) is 6.54 Å². The van der Waals surface area contributed by atoms with Crippen LogP contribution >= 0.6 is 0 Å². The summed E-state index contributed by atoms with van der Waals surface area (Å²) >= 11 is 0. The normalized spacial score (nSPS) is 13.4. The highest BCUT2D eigenvalue weighted by molar-refractivity contribution is 5.05. The lowest BCUT2D eigenvalue weighted by molar-refractivity contribution is 0.208. The van der Waals surface area contributed by atoms with Gasteiger partial charge in [0.15, 0.2) is 0 Å². The van der Waals surface area contributed by atoms with E-state index in [0.717, 1.165) is 24.5 Å². The van der Waals surface area contributed by atoms with Gasteiger partial charge in [0.25, 0.3) is 0 Å². The molecule has 1 rings (SSSR count). The molecule has 86 valence electrons. The third-order valence-corrected chi connectivity index (χ3v) is 2.72. The van der Waals surface area contributed by atoms with Crippen LogP contribution in [0.3, 0.4) is 0 Å². The fourth-order valence-electron chi connectivity index (χ4n) is 1.80. The van der Waals surface area contributed by atoms with Crippen molar-refractivity contribution in [3.8, 4) is 0 Å². The summed E-state index contributed by atoms with van der Waals surface area (Å²) in [5.74, 6) is 1.99. The molecule has 0 fully saturated rings. The van der Waals surface area contributed by atoms with Gasteiger partial charge in [0.2, 0.25) is 0 Å². The first-order valence-corrected chi connectivity index (χ1v) is 5.63. The number of furan rings is 1. The average molecular weight is 210 g/mol. The van der Waals surface area contributed by atoms with Crippen molar-refractivity contribution in [2.75, 3.05) is 13.6 Å². The summed E-state index contributed by atoms with van der Waals surface area (Å²) in [6.07, 6.45) is 2.32. The second kappa shape index (κ2) is 5.93. The molecule has 3 heteroatoms. The van der Waals surface area contributed by atoms with Gasteiger partial charge in [-0.05, 0) is 32.5 Å². The topological polar surface area (TPSA) is 42.4 Å². The zero-order valence-electron chi connectivity index (χ0n) is 9.99. The largest absolute Gasteiger partial charge is 0.465 e. The number of rotatable bonds is 6. The van der Waals surface area contributed by atoms with E-state index in [9.17, 15) is 0 Å². The molecule has 0 aliphatic carbocycles. The lowest BCUT2D eigenvalue weighted by atomic mass is 10.1. The van der Waals surface area contributed by atoms with Gasteiger partial charge in [0, 0.05) is 12.6 Å². The molecule has 1 aromatic heterocycles. The summed E-state index contributed by atoms with van der Waals surface area (Å²) in [6, 6.07) is 4.49. The van der Waals surface area contributed by atoms with Gasteiger partial charge in [0.1, 0.15) is 11.5 Å². The van der Waals surface area contributed by atoms with E-state index in [-0.39, 0.29) is 0 Å². The Bertz CT molecular complexity index is 283. The van der Waals surface area contributed by atoms with Crippen LogP contribution in [0.5, 0.6) is 0 Å². The predicted octanol–water partition coefficient (Wildman–Crippen LogP) is 2.15. The molecule has 0 aliphatic rings. The number of nitrogens with two attached hydrogens (primary N) is 1. The van der Waals surface area contributed by atoms with Crippen molar-refractivity contribution in [1.29, 1.82) is 0 Å². The van der Waals surface area contributed by atoms with Gasteiger partial charge in [-0.25, -0.2) is 0 Å². The molecule has 0 bridgehead atoms. The smallest absolute Gasteiger partial charge is 0.118 e. The molecule has 0 saturated heterocycles. The summed E-state index contributed by atoms with van der Waals surface area (Å²) < 4.78 is 5.54. The van der Waals surface area contributed by atoms with Crippen molar-refractivity contribution in [3.63, 3.8) is 0 Å². The van der Waals surface area contributed by atoms with Crippen LogP contribution in [0, 0.1) is 6.92 Å². The fourth-order valence-corrected chi connectivity index (χ4v) is 1.80. The monoisotopic (exact) mass is 210 g/mol. The van der Waals surface area contributed by atoms with E-state index in [2.05, 4.69) is 18.9 Å². The summed E-state index contributed by atoms with van der Waals surface area (Å²) in [5.41, 5.74) is 5.75. The molecule has 1 heterocycles. The minimum atomic E-state index is 0.459. The molecule has 0 spiro atoms. The van der Waals surface area contributed by atoms with Crippen molar-refractivity contribution in [2.24, 2.45) is 5.73 Å². The van der Waals surface area contributed by atoms with Crippen LogP contribution in [0.4, 0.5) is 0 Å². The molecule has 3 nitrogen and oxygen atoms in total. The first-order chi connectivity index (χ1) is 7.17. The van der Waals surface area contributed by atoms with E-state index in [0.29, 0.717) is 12.6 Å². The van der Waals surface area contributed by atoms with Crippen molar-refractivity contribution >= 4 is 0 Å². The average Bonchev–Trinajstić information content (AvgIpc) is 2.60. The summed E-state index contributed by atoms with van der Waals surface area (Å²) in [7, 11) is 2.10. The van der Waals surface area contributed by atoms with E-state index < -0.39 is 0 Å². The Kier molecular flexibility index (Phi) is 4.85. The van der Waals surface area contributed by atoms with E-state index in [4.69, 9.17) is 10.2 Å². The van der Waals surface area contributed by atoms with Gasteiger partial charge in [-0.3, -0.25) is 4.90 Å². The standard InChI is InChI=1S/C12H22N2O/c1-4-5-11(8-13)14(3)9-12-7-6-10(2)15-12/h6-7,11H,4-5,8-9,13H2,1-3H3. The fraction of sp³-hybridized carbons (Fsp3) is 0.667. The zero-order chi connectivity index (χ0) is 11.3. The maximum atomic E-state index is 5.75. The van der Waals surface area contributed by atoms with E-state index in [1.54, 1.807) is 0 Å². The van der Waals surface area contributed by atoms with Gasteiger partial charge >= 0.3 is 0 Å². The summed E-state index contributed by atoms with van der Waals surface area (Å²) in [6.45, 7) is 5.71. The number of nitrogens with zero attached hydrogens (tertiary/aromatic N) is 1. The number of aryl methyl sites for hydroxylation is 1. The second-order valence-electron chi connectivity index (χ2n) is 4.11. The van der Waals surface area contributed by atoms with E-state index in [1.165, 1.54) is 6.42 Å². The Hall–Kier alpha value is -0.800. The molecule has 15 heavy (non-hydrogen) atoms. The molecular weight excluding hydrogens is 188 g/mol. The van der Waals surface area contributed by atoms with Crippen LogP contribution in [0.1, 0.15) is 31.3 Å². The molecule has 0 aliphatic heterocycles. The maximum Gasteiger partial charge on any atom is 0.118 e. The zero-order valence-corrected chi connectivity index (χ0v) is 9.99. The highest BCUT2D eigenvalue weighted by atomic mass is 16.3. The van der Waals surface area contributed by atoms with Crippen LogP contribution in [0.2, 0.25) is 0 Å². The van der Waals surface area contributed by atoms with Gasteiger partial charge in [-0.2, -0.15) is 0 Å². The number of hydrogen-bond acceptors (Lipinski definition) is 3. The summed E-state index contributed by atoms with van der Waals surface area (Å²) in [4.78, 5) is 2.27. The lowest BCUT2D eigenvalue weighted by Crippen LogP contribution is -2.37. The van der Waals surface area contributed by atoms with Crippen LogP contribution in [0.25, 0.3) is 0 Å². The molecule has 1 atom stereocenters. The quantitative estimate of drug-likeness (QED) is 0.782. The third kappa shape index (κ3) is 3.68. The van der Waals surface area contributed by atoms with E-state index >= 15 is 0 Å². The number of hydrogen-bond donors (Lipinski definition) is 1.